The van der Waals surface area contributed by atoms with Crippen LogP contribution in [0, 0.1) is 5.92 Å². The number of nitrogens with one attached hydrogen (secondary N) is 1. The van der Waals surface area contributed by atoms with E-state index in [1.54, 1.807) is 6.20 Å². The van der Waals surface area contributed by atoms with Crippen molar-refractivity contribution in [3.63, 3.8) is 0 Å². The predicted octanol–water partition coefficient (Wildman–Crippen LogP) is 2.33. The first-order valence-corrected chi connectivity index (χ1v) is 6.97. The van der Waals surface area contributed by atoms with E-state index in [4.69, 9.17) is 0 Å². The highest BCUT2D eigenvalue weighted by atomic mass is 32.1. The molecule has 17 heavy (non-hydrogen) atoms. The first-order chi connectivity index (χ1) is 8.34. The van der Waals surface area contributed by atoms with Crippen molar-refractivity contribution < 1.29 is 4.79 Å². The van der Waals surface area contributed by atoms with E-state index in [0.717, 1.165) is 17.5 Å². The van der Waals surface area contributed by atoms with Gasteiger partial charge in [-0.15, -0.1) is 5.10 Å². The highest BCUT2D eigenvalue weighted by Gasteiger charge is 2.38. The molecule has 92 valence electrons. The Hall–Kier alpha value is -1.17. The van der Waals surface area contributed by atoms with Gasteiger partial charge in [-0.2, -0.15) is 0 Å². The largest absolute Gasteiger partial charge is 0.322 e. The summed E-state index contributed by atoms with van der Waals surface area (Å²) in [6.45, 7) is 0.896. The zero-order chi connectivity index (χ0) is 11.7. The van der Waals surface area contributed by atoms with Gasteiger partial charge in [-0.3, -0.25) is 5.32 Å². The Morgan fingerprint density at radius 1 is 1.41 bits per heavy atom. The van der Waals surface area contributed by atoms with Gasteiger partial charge < -0.3 is 4.90 Å². The number of amides is 2. The minimum absolute atomic E-state index is 0.0189. The normalized spacial score (nSPS) is 27.9. The van der Waals surface area contributed by atoms with Crippen molar-refractivity contribution in [2.75, 3.05) is 11.9 Å². The average molecular weight is 252 g/mol. The van der Waals surface area contributed by atoms with Crippen LogP contribution < -0.4 is 5.32 Å². The number of carbonyl (C=O) groups excluding carboxylic acids is 1. The monoisotopic (exact) mass is 252 g/mol. The SMILES string of the molecule is O=C(Nc1cnns1)N1CC[C@@H]2CCCC[C@H]21. The predicted molar refractivity (Wildman–Crippen MR) is 66.0 cm³/mol. The molecule has 1 aliphatic heterocycles. The third-order valence-corrected chi connectivity index (χ3v) is 4.44. The van der Waals surface area contributed by atoms with Crippen LogP contribution in [0.15, 0.2) is 6.20 Å². The number of aromatic nitrogens is 2. The Kier molecular flexibility index (Phi) is 2.96. The van der Waals surface area contributed by atoms with Gasteiger partial charge in [-0.1, -0.05) is 17.3 Å². The van der Waals surface area contributed by atoms with Gasteiger partial charge in [0.25, 0.3) is 0 Å². The first kappa shape index (κ1) is 11.0. The summed E-state index contributed by atoms with van der Waals surface area (Å²) < 4.78 is 3.74. The van der Waals surface area contributed by atoms with Crippen molar-refractivity contribution in [2.45, 2.75) is 38.1 Å². The molecular weight excluding hydrogens is 236 g/mol. The topological polar surface area (TPSA) is 58.1 Å². The van der Waals surface area contributed by atoms with Crippen molar-refractivity contribution in [3.8, 4) is 0 Å². The van der Waals surface area contributed by atoms with Gasteiger partial charge in [0.15, 0.2) is 0 Å². The molecule has 2 atom stereocenters. The molecule has 6 heteroatoms. The summed E-state index contributed by atoms with van der Waals surface area (Å²) in [5, 5.41) is 7.33. The summed E-state index contributed by atoms with van der Waals surface area (Å²) in [5.74, 6) is 0.731. The van der Waals surface area contributed by atoms with Crippen LogP contribution in [0.5, 0.6) is 0 Å². The number of hydrogen-bond donors (Lipinski definition) is 1. The Bertz CT molecular complexity index is 394. The lowest BCUT2D eigenvalue weighted by Gasteiger charge is -2.31. The van der Waals surface area contributed by atoms with Crippen molar-refractivity contribution in [1.29, 1.82) is 0 Å². The molecule has 1 aromatic rings. The number of rotatable bonds is 1. The molecule has 2 aliphatic rings. The van der Waals surface area contributed by atoms with E-state index in [1.807, 2.05) is 4.90 Å². The maximum absolute atomic E-state index is 12.1. The second kappa shape index (κ2) is 4.60. The Labute approximate surface area is 104 Å². The highest BCUT2D eigenvalue weighted by Crippen LogP contribution is 2.36. The molecule has 1 N–H and O–H groups in total. The summed E-state index contributed by atoms with van der Waals surface area (Å²) in [4.78, 5) is 14.1. The van der Waals surface area contributed by atoms with Crippen LogP contribution in [-0.4, -0.2) is 33.1 Å². The number of hydrogen-bond acceptors (Lipinski definition) is 4. The molecular formula is C11H16N4OS. The molecule has 0 spiro atoms. The van der Waals surface area contributed by atoms with Crippen molar-refractivity contribution >= 4 is 22.6 Å². The van der Waals surface area contributed by atoms with Crippen LogP contribution in [0.25, 0.3) is 0 Å². The summed E-state index contributed by atoms with van der Waals surface area (Å²) in [6.07, 6.45) is 7.80. The van der Waals surface area contributed by atoms with E-state index < -0.39 is 0 Å². The summed E-state index contributed by atoms with van der Waals surface area (Å²) in [5.41, 5.74) is 0. The molecule has 1 saturated heterocycles. The van der Waals surface area contributed by atoms with Gasteiger partial charge in [-0.25, -0.2) is 4.79 Å². The maximum Gasteiger partial charge on any atom is 0.322 e. The molecule has 5 nitrogen and oxygen atoms in total. The van der Waals surface area contributed by atoms with Gasteiger partial charge in [0, 0.05) is 24.1 Å². The smallest absolute Gasteiger partial charge is 0.321 e. The van der Waals surface area contributed by atoms with E-state index >= 15 is 0 Å². The average Bonchev–Trinajstić information content (AvgIpc) is 2.96. The molecule has 0 bridgehead atoms. The minimum atomic E-state index is 0.0189. The van der Waals surface area contributed by atoms with Crippen LogP contribution >= 0.6 is 11.5 Å². The van der Waals surface area contributed by atoms with Crippen LogP contribution in [0.3, 0.4) is 0 Å². The second-order valence-corrected chi connectivity index (χ2v) is 5.59. The number of nitrogens with zero attached hydrogens (tertiary/aromatic N) is 3. The van der Waals surface area contributed by atoms with E-state index in [0.29, 0.717) is 6.04 Å². The molecule has 2 heterocycles. The lowest BCUT2D eigenvalue weighted by atomic mass is 9.85. The van der Waals surface area contributed by atoms with Gasteiger partial charge in [0.1, 0.15) is 5.00 Å². The molecule has 0 radical (unpaired) electrons. The molecule has 1 saturated carbocycles. The van der Waals surface area contributed by atoms with Crippen molar-refractivity contribution in [3.05, 3.63) is 6.20 Å². The van der Waals surface area contributed by atoms with Gasteiger partial charge in [-0.05, 0) is 25.2 Å². The van der Waals surface area contributed by atoms with E-state index in [9.17, 15) is 4.79 Å². The van der Waals surface area contributed by atoms with Crippen molar-refractivity contribution in [1.82, 2.24) is 14.5 Å². The minimum Gasteiger partial charge on any atom is -0.321 e. The lowest BCUT2D eigenvalue weighted by Crippen LogP contribution is -2.41. The zero-order valence-corrected chi connectivity index (χ0v) is 10.4. The summed E-state index contributed by atoms with van der Waals surface area (Å²) in [7, 11) is 0. The second-order valence-electron chi connectivity index (χ2n) is 4.81. The van der Waals surface area contributed by atoms with Gasteiger partial charge in [0.05, 0.1) is 6.20 Å². The van der Waals surface area contributed by atoms with E-state index in [2.05, 4.69) is 14.9 Å². The fourth-order valence-corrected chi connectivity index (χ4v) is 3.47. The van der Waals surface area contributed by atoms with Crippen molar-refractivity contribution in [2.24, 2.45) is 5.92 Å². The maximum atomic E-state index is 12.1. The molecule has 0 aromatic carbocycles. The van der Waals surface area contributed by atoms with Gasteiger partial charge in [0.2, 0.25) is 0 Å². The Balaban J connectivity index is 1.66. The molecule has 2 fully saturated rings. The molecule has 3 rings (SSSR count). The fraction of sp³-hybridized carbons (Fsp3) is 0.727. The lowest BCUT2D eigenvalue weighted by molar-refractivity contribution is 0.182. The van der Waals surface area contributed by atoms with Crippen LogP contribution in [0.4, 0.5) is 9.80 Å². The fourth-order valence-electron chi connectivity index (χ4n) is 3.06. The summed E-state index contributed by atoms with van der Waals surface area (Å²) in [6, 6.07) is 0.482. The third-order valence-electron chi connectivity index (χ3n) is 3.86. The zero-order valence-electron chi connectivity index (χ0n) is 9.63. The summed E-state index contributed by atoms with van der Waals surface area (Å²) >= 11 is 1.22. The Morgan fingerprint density at radius 2 is 2.29 bits per heavy atom. The number of urea groups is 1. The molecule has 1 aliphatic carbocycles. The number of anilines is 1. The number of fused-ring (bicyclic) bond motifs is 1. The quantitative estimate of drug-likeness (QED) is 0.834. The van der Waals surface area contributed by atoms with Gasteiger partial charge >= 0.3 is 6.03 Å². The standard InChI is InChI=1S/C11H16N4OS/c16-11(13-10-7-12-14-17-10)15-6-5-8-3-1-2-4-9(8)15/h7-9H,1-6H2,(H,13,16)/t8-,9+/m0/s1. The van der Waals surface area contributed by atoms with E-state index in [1.165, 1.54) is 43.6 Å². The van der Waals surface area contributed by atoms with Crippen LogP contribution in [0.1, 0.15) is 32.1 Å². The van der Waals surface area contributed by atoms with Crippen LogP contribution in [0.2, 0.25) is 0 Å². The first-order valence-electron chi connectivity index (χ1n) is 6.19. The highest BCUT2D eigenvalue weighted by molar-refractivity contribution is 7.10. The number of likely N-dealkylation sites (tertiary alicyclic amines) is 1. The van der Waals surface area contributed by atoms with E-state index in [-0.39, 0.29) is 6.03 Å². The molecule has 2 amide bonds. The Morgan fingerprint density at radius 3 is 3.12 bits per heavy atom. The van der Waals surface area contributed by atoms with Crippen LogP contribution in [-0.2, 0) is 0 Å². The number of carbonyl (C=O) groups is 1. The third kappa shape index (κ3) is 2.13. The molecule has 0 unspecified atom stereocenters. The molecule has 1 aromatic heterocycles.